The zero-order chi connectivity index (χ0) is 18.1. The van der Waals surface area contributed by atoms with E-state index in [-0.39, 0.29) is 12.5 Å². The van der Waals surface area contributed by atoms with Gasteiger partial charge in [-0.1, -0.05) is 42.8 Å². The topological polar surface area (TPSA) is 88.3 Å². The first kappa shape index (κ1) is 16.8. The van der Waals surface area contributed by atoms with Crippen LogP contribution < -0.4 is 5.32 Å². The van der Waals surface area contributed by atoms with Gasteiger partial charge in [-0.3, -0.25) is 9.69 Å². The number of carbonyl (C=O) groups excluding carboxylic acids is 2. The third kappa shape index (κ3) is 2.67. The van der Waals surface area contributed by atoms with Crippen molar-refractivity contribution in [3.8, 4) is 0 Å². The smallest absolute Gasteiger partial charge is 0.325 e. The average molecular weight is 354 g/mol. The molecule has 1 unspecified atom stereocenters. The molecular formula is C19H22N4O3. The standard InChI is InChI=1S/C19H22N4O3/c1-2-3-10-15-20-16(26-22-15)12-23-17(24)19(21-18(23)25)11-6-8-13-7-4-5-9-14(13)19/h4-5,7,9H,2-3,6,8,10-12H2,1H3,(H,21,25). The molecule has 1 aliphatic heterocycles. The van der Waals surface area contributed by atoms with Gasteiger partial charge in [0.1, 0.15) is 12.1 Å². The maximum Gasteiger partial charge on any atom is 0.325 e. The summed E-state index contributed by atoms with van der Waals surface area (Å²) in [6.07, 6.45) is 5.14. The number of unbranched alkanes of at least 4 members (excludes halogenated alkanes) is 1. The lowest BCUT2D eigenvalue weighted by Gasteiger charge is -2.33. The summed E-state index contributed by atoms with van der Waals surface area (Å²) in [6.45, 7) is 2.10. The fraction of sp³-hybridized carbons (Fsp3) is 0.474. The maximum atomic E-state index is 13.2. The number of urea groups is 1. The normalized spacial score (nSPS) is 22.0. The number of aromatic nitrogens is 2. The van der Waals surface area contributed by atoms with Crippen molar-refractivity contribution >= 4 is 11.9 Å². The lowest BCUT2D eigenvalue weighted by Crippen LogP contribution is -2.46. The Balaban J connectivity index is 1.58. The third-order valence-corrected chi connectivity index (χ3v) is 5.21. The van der Waals surface area contributed by atoms with Gasteiger partial charge in [-0.05, 0) is 36.8 Å². The molecule has 1 N–H and O–H groups in total. The molecule has 1 spiro atoms. The van der Waals surface area contributed by atoms with Gasteiger partial charge in [0.05, 0.1) is 0 Å². The molecule has 1 fully saturated rings. The van der Waals surface area contributed by atoms with Crippen molar-refractivity contribution in [2.75, 3.05) is 0 Å². The fourth-order valence-corrected chi connectivity index (χ4v) is 3.88. The molecule has 0 radical (unpaired) electrons. The second-order valence-corrected chi connectivity index (χ2v) is 6.95. The highest BCUT2D eigenvalue weighted by atomic mass is 16.5. The number of hydrogen-bond acceptors (Lipinski definition) is 5. The van der Waals surface area contributed by atoms with Crippen LogP contribution >= 0.6 is 0 Å². The summed E-state index contributed by atoms with van der Waals surface area (Å²) in [5, 5.41) is 6.86. The summed E-state index contributed by atoms with van der Waals surface area (Å²) in [5.74, 6) is 0.676. The Hall–Kier alpha value is -2.70. The number of aryl methyl sites for hydroxylation is 2. The van der Waals surface area contributed by atoms with E-state index < -0.39 is 11.6 Å². The number of rotatable bonds is 5. The summed E-state index contributed by atoms with van der Waals surface area (Å²) < 4.78 is 5.23. The highest BCUT2D eigenvalue weighted by Gasteiger charge is 2.54. The first-order valence-electron chi connectivity index (χ1n) is 9.18. The zero-order valence-electron chi connectivity index (χ0n) is 14.8. The number of benzene rings is 1. The summed E-state index contributed by atoms with van der Waals surface area (Å²) in [4.78, 5) is 31.2. The summed E-state index contributed by atoms with van der Waals surface area (Å²) in [5.41, 5.74) is 1.06. The molecule has 26 heavy (non-hydrogen) atoms. The van der Waals surface area contributed by atoms with Crippen LogP contribution in [0.4, 0.5) is 4.79 Å². The van der Waals surface area contributed by atoms with Crippen LogP contribution in [0.15, 0.2) is 28.8 Å². The van der Waals surface area contributed by atoms with E-state index in [0.29, 0.717) is 18.1 Å². The van der Waals surface area contributed by atoms with Crippen LogP contribution in [-0.2, 0) is 29.7 Å². The van der Waals surface area contributed by atoms with Crippen LogP contribution in [0.5, 0.6) is 0 Å². The number of imide groups is 1. The van der Waals surface area contributed by atoms with Gasteiger partial charge in [0.25, 0.3) is 5.91 Å². The fourth-order valence-electron chi connectivity index (χ4n) is 3.88. The number of carbonyl (C=O) groups is 2. The Bertz CT molecular complexity index is 847. The lowest BCUT2D eigenvalue weighted by atomic mass is 9.76. The van der Waals surface area contributed by atoms with Crippen molar-refractivity contribution in [3.63, 3.8) is 0 Å². The Morgan fingerprint density at radius 1 is 1.31 bits per heavy atom. The zero-order valence-corrected chi connectivity index (χ0v) is 14.8. The van der Waals surface area contributed by atoms with Gasteiger partial charge < -0.3 is 9.84 Å². The molecule has 2 aliphatic rings. The molecule has 7 nitrogen and oxygen atoms in total. The van der Waals surface area contributed by atoms with Crippen LogP contribution in [0, 0.1) is 0 Å². The van der Waals surface area contributed by atoms with Gasteiger partial charge in [0, 0.05) is 6.42 Å². The predicted octanol–water partition coefficient (Wildman–Crippen LogP) is 2.70. The molecule has 3 amide bonds. The number of fused-ring (bicyclic) bond motifs is 2. The number of nitrogens with zero attached hydrogens (tertiary/aromatic N) is 3. The Kier molecular flexibility index (Phi) is 4.22. The van der Waals surface area contributed by atoms with Crippen LogP contribution in [0.2, 0.25) is 0 Å². The Labute approximate surface area is 151 Å². The molecule has 136 valence electrons. The number of nitrogens with one attached hydrogen (secondary N) is 1. The minimum absolute atomic E-state index is 0.00765. The van der Waals surface area contributed by atoms with Gasteiger partial charge in [0.15, 0.2) is 5.82 Å². The summed E-state index contributed by atoms with van der Waals surface area (Å²) in [6, 6.07) is 7.43. The van der Waals surface area contributed by atoms with E-state index in [1.807, 2.05) is 24.3 Å². The molecule has 4 rings (SSSR count). The first-order valence-corrected chi connectivity index (χ1v) is 9.18. The second kappa shape index (κ2) is 6.55. The van der Waals surface area contributed by atoms with Crippen molar-refractivity contribution in [2.24, 2.45) is 0 Å². The van der Waals surface area contributed by atoms with Gasteiger partial charge >= 0.3 is 6.03 Å². The molecule has 2 aromatic rings. The molecule has 1 saturated heterocycles. The van der Waals surface area contributed by atoms with Crippen molar-refractivity contribution < 1.29 is 14.1 Å². The number of amides is 3. The van der Waals surface area contributed by atoms with Crippen LogP contribution in [0.25, 0.3) is 0 Å². The number of hydrogen-bond donors (Lipinski definition) is 1. The predicted molar refractivity (Wildman–Crippen MR) is 93.0 cm³/mol. The van der Waals surface area contributed by atoms with Crippen LogP contribution in [0.3, 0.4) is 0 Å². The van der Waals surface area contributed by atoms with E-state index in [0.717, 1.165) is 43.2 Å². The quantitative estimate of drug-likeness (QED) is 0.834. The Morgan fingerprint density at radius 2 is 2.15 bits per heavy atom. The van der Waals surface area contributed by atoms with E-state index in [9.17, 15) is 9.59 Å². The van der Waals surface area contributed by atoms with Gasteiger partial charge in [0.2, 0.25) is 5.89 Å². The molecule has 7 heteroatoms. The summed E-state index contributed by atoms with van der Waals surface area (Å²) >= 11 is 0. The van der Waals surface area contributed by atoms with Crippen molar-refractivity contribution in [1.29, 1.82) is 0 Å². The van der Waals surface area contributed by atoms with Crippen molar-refractivity contribution in [2.45, 2.75) is 57.5 Å². The molecule has 0 saturated carbocycles. The molecule has 1 aliphatic carbocycles. The van der Waals surface area contributed by atoms with Gasteiger partial charge in [-0.15, -0.1) is 0 Å². The molecular weight excluding hydrogens is 332 g/mol. The SMILES string of the molecule is CCCCc1noc(CN2C(=O)NC3(CCCc4ccccc43)C2=O)n1. The van der Waals surface area contributed by atoms with E-state index in [1.165, 1.54) is 4.90 Å². The van der Waals surface area contributed by atoms with Gasteiger partial charge in [-0.25, -0.2) is 4.79 Å². The highest BCUT2D eigenvalue weighted by molar-refractivity contribution is 6.07. The molecule has 1 aromatic carbocycles. The molecule has 2 heterocycles. The third-order valence-electron chi connectivity index (χ3n) is 5.21. The van der Waals surface area contributed by atoms with Crippen LogP contribution in [-0.4, -0.2) is 27.0 Å². The maximum absolute atomic E-state index is 13.2. The van der Waals surface area contributed by atoms with E-state index in [1.54, 1.807) is 0 Å². The molecule has 1 aromatic heterocycles. The van der Waals surface area contributed by atoms with Gasteiger partial charge in [-0.2, -0.15) is 4.98 Å². The largest absolute Gasteiger partial charge is 0.337 e. The lowest BCUT2D eigenvalue weighted by molar-refractivity contribution is -0.132. The van der Waals surface area contributed by atoms with E-state index >= 15 is 0 Å². The second-order valence-electron chi connectivity index (χ2n) is 6.95. The minimum Gasteiger partial charge on any atom is -0.337 e. The summed E-state index contributed by atoms with van der Waals surface area (Å²) in [7, 11) is 0. The highest BCUT2D eigenvalue weighted by Crippen LogP contribution is 2.40. The average Bonchev–Trinajstić information content (AvgIpc) is 3.19. The van der Waals surface area contributed by atoms with Crippen molar-refractivity contribution in [3.05, 3.63) is 47.1 Å². The molecule has 1 atom stereocenters. The Morgan fingerprint density at radius 3 is 3.00 bits per heavy atom. The minimum atomic E-state index is -0.961. The first-order chi connectivity index (χ1) is 12.6. The van der Waals surface area contributed by atoms with Crippen LogP contribution in [0.1, 0.15) is 55.4 Å². The van der Waals surface area contributed by atoms with E-state index in [2.05, 4.69) is 22.4 Å². The van der Waals surface area contributed by atoms with E-state index in [4.69, 9.17) is 4.52 Å². The monoisotopic (exact) mass is 354 g/mol. The van der Waals surface area contributed by atoms with Crippen molar-refractivity contribution in [1.82, 2.24) is 20.4 Å². The molecule has 0 bridgehead atoms.